The van der Waals surface area contributed by atoms with E-state index in [1.807, 2.05) is 18.2 Å². The third-order valence-electron chi connectivity index (χ3n) is 2.80. The van der Waals surface area contributed by atoms with Crippen molar-refractivity contribution >= 4 is 21.6 Å². The van der Waals surface area contributed by atoms with E-state index in [-0.39, 0.29) is 0 Å². The molecule has 0 heterocycles. The van der Waals surface area contributed by atoms with Gasteiger partial charge in [0, 0.05) is 22.7 Å². The first kappa shape index (κ1) is 16.0. The van der Waals surface area contributed by atoms with Gasteiger partial charge in [-0.25, -0.2) is 0 Å². The lowest BCUT2D eigenvalue weighted by atomic mass is 10.0. The van der Waals surface area contributed by atoms with Crippen LogP contribution in [0.1, 0.15) is 25.8 Å². The largest absolute Gasteiger partial charge is 0.381 e. The molecule has 0 bridgehead atoms. The minimum absolute atomic E-state index is 0.412. The van der Waals surface area contributed by atoms with Gasteiger partial charge in [-0.2, -0.15) is 5.26 Å². The molecule has 1 unspecified atom stereocenters. The molecule has 0 fully saturated rings. The monoisotopic (exact) mass is 323 g/mol. The molecule has 19 heavy (non-hydrogen) atoms. The maximum absolute atomic E-state index is 8.92. The molecule has 0 amide bonds. The van der Waals surface area contributed by atoms with Gasteiger partial charge in [-0.15, -0.1) is 0 Å². The summed E-state index contributed by atoms with van der Waals surface area (Å²) in [6, 6.07) is 8.35. The second-order valence-corrected chi connectivity index (χ2v) is 6.39. The third-order valence-corrected chi connectivity index (χ3v) is 3.46. The van der Waals surface area contributed by atoms with Crippen LogP contribution in [0.15, 0.2) is 22.7 Å². The Balaban J connectivity index is 2.78. The molecule has 0 aliphatic heterocycles. The van der Waals surface area contributed by atoms with Crippen molar-refractivity contribution in [2.24, 2.45) is 5.92 Å². The average molecular weight is 324 g/mol. The van der Waals surface area contributed by atoms with Gasteiger partial charge in [0.2, 0.25) is 0 Å². The number of halogens is 1. The highest BCUT2D eigenvalue weighted by molar-refractivity contribution is 9.10. The third kappa shape index (κ3) is 5.63. The molecule has 4 heteroatoms. The SMILES string of the molecule is CC(C)CC(CN(C)C)Nc1ccc(C#N)c(Br)c1. The Bertz CT molecular complexity index is 439. The Morgan fingerprint density at radius 3 is 2.53 bits per heavy atom. The van der Waals surface area contributed by atoms with Gasteiger partial charge in [-0.05, 0) is 60.6 Å². The van der Waals surface area contributed by atoms with Gasteiger partial charge < -0.3 is 10.2 Å². The average Bonchev–Trinajstić information content (AvgIpc) is 2.27. The Morgan fingerprint density at radius 1 is 1.37 bits per heavy atom. The molecule has 0 saturated carbocycles. The molecule has 1 rings (SSSR count). The Hall–Kier alpha value is -1.05. The van der Waals surface area contributed by atoms with E-state index in [0.29, 0.717) is 17.5 Å². The number of hydrogen-bond acceptors (Lipinski definition) is 3. The summed E-state index contributed by atoms with van der Waals surface area (Å²) < 4.78 is 0.841. The molecule has 0 aliphatic carbocycles. The van der Waals surface area contributed by atoms with Crippen LogP contribution in [0.3, 0.4) is 0 Å². The molecule has 0 aromatic heterocycles. The Morgan fingerprint density at radius 2 is 2.05 bits per heavy atom. The standard InChI is InChI=1S/C15H22BrN3/c1-11(2)7-14(10-19(3)4)18-13-6-5-12(9-17)15(16)8-13/h5-6,8,11,14,18H,7,10H2,1-4H3. The second-order valence-electron chi connectivity index (χ2n) is 5.54. The quantitative estimate of drug-likeness (QED) is 0.867. The Kier molecular flexibility index (Phi) is 6.33. The van der Waals surface area contributed by atoms with Crippen molar-refractivity contribution in [3.8, 4) is 6.07 Å². The smallest absolute Gasteiger partial charge is 0.100 e. The molecule has 0 saturated heterocycles. The zero-order valence-electron chi connectivity index (χ0n) is 12.1. The van der Waals surface area contributed by atoms with Crippen molar-refractivity contribution < 1.29 is 0 Å². The van der Waals surface area contributed by atoms with Gasteiger partial charge in [0.05, 0.1) is 5.56 Å². The lowest BCUT2D eigenvalue weighted by Gasteiger charge is -2.25. The number of hydrogen-bond donors (Lipinski definition) is 1. The maximum Gasteiger partial charge on any atom is 0.100 e. The summed E-state index contributed by atoms with van der Waals surface area (Å²) in [5.74, 6) is 0.652. The molecule has 1 aromatic carbocycles. The van der Waals surface area contributed by atoms with Crippen LogP contribution in [0.5, 0.6) is 0 Å². The second kappa shape index (κ2) is 7.52. The summed E-state index contributed by atoms with van der Waals surface area (Å²) in [6.45, 7) is 5.47. The lowest BCUT2D eigenvalue weighted by Crippen LogP contribution is -2.33. The topological polar surface area (TPSA) is 39.1 Å². The highest BCUT2D eigenvalue weighted by Gasteiger charge is 2.12. The van der Waals surface area contributed by atoms with E-state index in [9.17, 15) is 0 Å². The minimum Gasteiger partial charge on any atom is -0.381 e. The van der Waals surface area contributed by atoms with Gasteiger partial charge in [0.1, 0.15) is 6.07 Å². The van der Waals surface area contributed by atoms with Crippen LogP contribution in [0, 0.1) is 17.2 Å². The Labute approximate surface area is 124 Å². The van der Waals surface area contributed by atoms with Crippen molar-refractivity contribution in [2.75, 3.05) is 26.0 Å². The van der Waals surface area contributed by atoms with Crippen molar-refractivity contribution in [1.82, 2.24) is 4.90 Å². The van der Waals surface area contributed by atoms with Gasteiger partial charge in [-0.1, -0.05) is 13.8 Å². The number of likely N-dealkylation sites (N-methyl/N-ethyl adjacent to an activating group) is 1. The number of nitriles is 1. The van der Waals surface area contributed by atoms with E-state index in [2.05, 4.69) is 60.2 Å². The number of benzene rings is 1. The van der Waals surface area contributed by atoms with E-state index in [4.69, 9.17) is 5.26 Å². The molecular weight excluding hydrogens is 302 g/mol. The summed E-state index contributed by atoms with van der Waals surface area (Å²) in [6.07, 6.45) is 1.12. The summed E-state index contributed by atoms with van der Waals surface area (Å²) >= 11 is 3.43. The number of nitrogens with zero attached hydrogens (tertiary/aromatic N) is 2. The van der Waals surface area contributed by atoms with E-state index in [1.165, 1.54) is 0 Å². The van der Waals surface area contributed by atoms with E-state index in [0.717, 1.165) is 23.1 Å². The van der Waals surface area contributed by atoms with Crippen LogP contribution in [-0.4, -0.2) is 31.6 Å². The molecule has 1 atom stereocenters. The first-order chi connectivity index (χ1) is 8.92. The number of rotatable bonds is 6. The number of anilines is 1. The molecular formula is C15H22BrN3. The van der Waals surface area contributed by atoms with Crippen molar-refractivity contribution in [3.63, 3.8) is 0 Å². The molecule has 0 radical (unpaired) electrons. The zero-order chi connectivity index (χ0) is 14.4. The molecule has 0 spiro atoms. The predicted molar refractivity (Wildman–Crippen MR) is 84.3 cm³/mol. The van der Waals surface area contributed by atoms with E-state index >= 15 is 0 Å². The van der Waals surface area contributed by atoms with E-state index < -0.39 is 0 Å². The van der Waals surface area contributed by atoms with Gasteiger partial charge in [0.15, 0.2) is 0 Å². The molecule has 1 aromatic rings. The number of nitrogens with one attached hydrogen (secondary N) is 1. The van der Waals surface area contributed by atoms with Gasteiger partial charge >= 0.3 is 0 Å². The summed E-state index contributed by atoms with van der Waals surface area (Å²) in [5.41, 5.74) is 1.72. The normalized spacial score (nSPS) is 12.5. The molecule has 0 aliphatic rings. The zero-order valence-corrected chi connectivity index (χ0v) is 13.7. The van der Waals surface area contributed by atoms with Gasteiger partial charge in [-0.3, -0.25) is 0 Å². The summed E-state index contributed by atoms with van der Waals surface area (Å²) in [5, 5.41) is 12.5. The summed E-state index contributed by atoms with van der Waals surface area (Å²) in [4.78, 5) is 2.19. The van der Waals surface area contributed by atoms with Gasteiger partial charge in [0.25, 0.3) is 0 Å². The van der Waals surface area contributed by atoms with Crippen LogP contribution in [-0.2, 0) is 0 Å². The van der Waals surface area contributed by atoms with Crippen molar-refractivity contribution in [2.45, 2.75) is 26.3 Å². The van der Waals surface area contributed by atoms with Crippen LogP contribution >= 0.6 is 15.9 Å². The fourth-order valence-electron chi connectivity index (χ4n) is 2.12. The maximum atomic E-state index is 8.92. The highest BCUT2D eigenvalue weighted by Crippen LogP contribution is 2.22. The molecule has 1 N–H and O–H groups in total. The first-order valence-electron chi connectivity index (χ1n) is 6.53. The predicted octanol–water partition coefficient (Wildman–Crippen LogP) is 3.71. The molecule has 3 nitrogen and oxygen atoms in total. The van der Waals surface area contributed by atoms with Crippen molar-refractivity contribution in [3.05, 3.63) is 28.2 Å². The fourth-order valence-corrected chi connectivity index (χ4v) is 2.59. The lowest BCUT2D eigenvalue weighted by molar-refractivity contribution is 0.356. The minimum atomic E-state index is 0.412. The first-order valence-corrected chi connectivity index (χ1v) is 7.32. The van der Waals surface area contributed by atoms with Crippen LogP contribution in [0.4, 0.5) is 5.69 Å². The molecule has 104 valence electrons. The van der Waals surface area contributed by atoms with Crippen LogP contribution in [0.25, 0.3) is 0 Å². The van der Waals surface area contributed by atoms with Crippen LogP contribution < -0.4 is 5.32 Å². The van der Waals surface area contributed by atoms with Crippen molar-refractivity contribution in [1.29, 1.82) is 5.26 Å². The fraction of sp³-hybridized carbons (Fsp3) is 0.533. The van der Waals surface area contributed by atoms with Crippen LogP contribution in [0.2, 0.25) is 0 Å². The highest BCUT2D eigenvalue weighted by atomic mass is 79.9. The van der Waals surface area contributed by atoms with E-state index in [1.54, 1.807) is 0 Å². The summed E-state index contributed by atoms with van der Waals surface area (Å²) in [7, 11) is 4.17.